The maximum absolute atomic E-state index is 13.6. The number of benzene rings is 1. The van der Waals surface area contributed by atoms with Crippen molar-refractivity contribution in [2.75, 3.05) is 41.0 Å². The van der Waals surface area contributed by atoms with E-state index in [2.05, 4.69) is 5.32 Å². The van der Waals surface area contributed by atoms with Gasteiger partial charge in [-0.05, 0) is 23.4 Å². The Kier molecular flexibility index (Phi) is 12.4. The minimum atomic E-state index is -0.757. The molecule has 1 heterocycles. The lowest BCUT2D eigenvalue weighted by atomic mass is 10.1. The number of thiophene rings is 1. The first-order valence-corrected chi connectivity index (χ1v) is 12.7. The molecule has 196 valence electrons. The fraction of sp³-hybridized carbons (Fsp3) is 0.462. The largest absolute Gasteiger partial charge is 0.412 e. The highest BCUT2D eigenvalue weighted by Gasteiger charge is 2.35. The summed E-state index contributed by atoms with van der Waals surface area (Å²) in [5, 5.41) is 4.55. The first-order chi connectivity index (χ1) is 17.3. The van der Waals surface area contributed by atoms with Gasteiger partial charge in [0.25, 0.3) is 5.71 Å². The van der Waals surface area contributed by atoms with Crippen LogP contribution < -0.4 is 11.1 Å². The molecule has 3 N–H and O–H groups in total. The van der Waals surface area contributed by atoms with Crippen LogP contribution in [0.5, 0.6) is 0 Å². The average molecular weight is 518 g/mol. The van der Waals surface area contributed by atoms with Crippen LogP contribution >= 0.6 is 11.3 Å². The molecule has 0 saturated heterocycles. The van der Waals surface area contributed by atoms with Gasteiger partial charge in [0.1, 0.15) is 19.7 Å². The van der Waals surface area contributed by atoms with E-state index in [9.17, 15) is 14.4 Å². The number of nitrogens with zero attached hydrogens (tertiary/aromatic N) is 2. The molecular formula is C26H37N4O5S+. The zero-order valence-corrected chi connectivity index (χ0v) is 22.3. The number of nitrogens with two attached hydrogens (primary N) is 1. The van der Waals surface area contributed by atoms with Crippen molar-refractivity contribution in [2.24, 2.45) is 5.73 Å². The second kappa shape index (κ2) is 15.2. The lowest BCUT2D eigenvalue weighted by Crippen LogP contribution is -2.52. The lowest BCUT2D eigenvalue weighted by Gasteiger charge is -2.26. The number of carbonyl (C=O) groups excluding carboxylic acids is 3. The molecule has 3 amide bonds. The molecule has 9 nitrogen and oxygen atoms in total. The van der Waals surface area contributed by atoms with Gasteiger partial charge in [-0.3, -0.25) is 9.59 Å². The summed E-state index contributed by atoms with van der Waals surface area (Å²) in [4.78, 5) is 41.5. The Morgan fingerprint density at radius 1 is 1.11 bits per heavy atom. The van der Waals surface area contributed by atoms with Crippen molar-refractivity contribution < 1.29 is 28.4 Å². The molecule has 0 spiro atoms. The first-order valence-electron chi connectivity index (χ1n) is 11.9. The van der Waals surface area contributed by atoms with Crippen LogP contribution in [0.1, 0.15) is 23.8 Å². The molecule has 2 rings (SSSR count). The normalized spacial score (nSPS) is 13.5. The highest BCUT2D eigenvalue weighted by molar-refractivity contribution is 7.09. The smallest absolute Gasteiger partial charge is 0.366 e. The number of rotatable bonds is 14. The summed E-state index contributed by atoms with van der Waals surface area (Å²) < 4.78 is 12.5. The number of nitrogens with one attached hydrogen (secondary N) is 1. The van der Waals surface area contributed by atoms with Crippen molar-refractivity contribution in [3.05, 3.63) is 58.3 Å². The molecule has 2 atom stereocenters. The molecule has 0 radical (unpaired) electrons. The van der Waals surface area contributed by atoms with Crippen molar-refractivity contribution in [3.63, 3.8) is 0 Å². The van der Waals surface area contributed by atoms with Crippen LogP contribution in [0.15, 0.2) is 47.8 Å². The van der Waals surface area contributed by atoms with Crippen molar-refractivity contribution in [1.82, 2.24) is 10.2 Å². The molecule has 0 saturated carbocycles. The summed E-state index contributed by atoms with van der Waals surface area (Å²) in [6.07, 6.45) is 1.08. The number of carbonyl (C=O) groups is 3. The molecule has 2 aromatic rings. The van der Waals surface area contributed by atoms with Gasteiger partial charge in [-0.1, -0.05) is 43.3 Å². The molecule has 0 aliphatic carbocycles. The fourth-order valence-electron chi connectivity index (χ4n) is 3.34. The van der Waals surface area contributed by atoms with Gasteiger partial charge in [0, 0.05) is 31.4 Å². The Bertz CT molecular complexity index is 1010. The zero-order chi connectivity index (χ0) is 26.5. The molecule has 1 aromatic carbocycles. The maximum atomic E-state index is 13.6. The zero-order valence-electron chi connectivity index (χ0n) is 21.4. The van der Waals surface area contributed by atoms with Gasteiger partial charge in [0.05, 0.1) is 13.2 Å². The molecule has 10 heteroatoms. The Balaban J connectivity index is 2.25. The van der Waals surface area contributed by atoms with Crippen LogP contribution in [0.2, 0.25) is 0 Å². The second-order valence-corrected chi connectivity index (χ2v) is 9.42. The molecule has 0 bridgehead atoms. The van der Waals surface area contributed by atoms with Crippen LogP contribution in [0.4, 0.5) is 0 Å². The minimum Gasteiger partial charge on any atom is -0.366 e. The highest BCUT2D eigenvalue weighted by atomic mass is 32.1. The van der Waals surface area contributed by atoms with Gasteiger partial charge in [-0.2, -0.15) is 4.58 Å². The highest BCUT2D eigenvalue weighted by Crippen LogP contribution is 2.15. The molecule has 0 unspecified atom stereocenters. The summed E-state index contributed by atoms with van der Waals surface area (Å²) >= 11 is 1.51. The average Bonchev–Trinajstić information content (AvgIpc) is 3.42. The minimum absolute atomic E-state index is 0.113. The summed E-state index contributed by atoms with van der Waals surface area (Å²) in [5.41, 5.74) is 6.91. The number of ether oxygens (including phenoxy) is 2. The summed E-state index contributed by atoms with van der Waals surface area (Å²) in [7, 11) is 4.60. The van der Waals surface area contributed by atoms with Crippen molar-refractivity contribution in [2.45, 2.75) is 38.5 Å². The molecule has 0 aliphatic rings. The predicted octanol–water partition coefficient (Wildman–Crippen LogP) is 1.44. The summed E-state index contributed by atoms with van der Waals surface area (Å²) in [6, 6.07) is 12.4. The van der Waals surface area contributed by atoms with Crippen LogP contribution in [0.3, 0.4) is 0 Å². The van der Waals surface area contributed by atoms with Crippen molar-refractivity contribution in [1.29, 1.82) is 0 Å². The van der Waals surface area contributed by atoms with Gasteiger partial charge in [-0.15, -0.1) is 11.3 Å². The topological polar surface area (TPSA) is 114 Å². The van der Waals surface area contributed by atoms with Crippen molar-refractivity contribution >= 4 is 34.8 Å². The summed E-state index contributed by atoms with van der Waals surface area (Å²) in [6.45, 7) is 2.10. The molecular weight excluding hydrogens is 480 g/mol. The van der Waals surface area contributed by atoms with Gasteiger partial charge >= 0.3 is 11.8 Å². The van der Waals surface area contributed by atoms with Gasteiger partial charge in [-0.25, -0.2) is 4.79 Å². The molecule has 36 heavy (non-hydrogen) atoms. The van der Waals surface area contributed by atoms with Crippen LogP contribution in [0.25, 0.3) is 0 Å². The lowest BCUT2D eigenvalue weighted by molar-refractivity contribution is -0.422. The van der Waals surface area contributed by atoms with Gasteiger partial charge in [0.15, 0.2) is 6.61 Å². The third kappa shape index (κ3) is 8.94. The molecule has 1 aromatic heterocycles. The van der Waals surface area contributed by atoms with Crippen LogP contribution in [-0.4, -0.2) is 86.0 Å². The first kappa shape index (κ1) is 29.3. The predicted molar refractivity (Wildman–Crippen MR) is 140 cm³/mol. The molecule has 0 aliphatic heterocycles. The van der Waals surface area contributed by atoms with E-state index in [0.717, 1.165) is 16.9 Å². The van der Waals surface area contributed by atoms with Gasteiger partial charge in [0.2, 0.25) is 5.91 Å². The van der Waals surface area contributed by atoms with E-state index in [4.69, 9.17) is 15.2 Å². The number of hydrogen-bond acceptors (Lipinski definition) is 7. The SMILES string of the molecule is CC[C@@H](N)COCC(=O)[N+](C)=C(COCc1ccccc1)C(=O)N(C)[C@H](Cc1cccs1)C(=O)NC. The third-order valence-electron chi connectivity index (χ3n) is 5.77. The monoisotopic (exact) mass is 517 g/mol. The Morgan fingerprint density at radius 3 is 2.44 bits per heavy atom. The van der Waals surface area contributed by atoms with Crippen molar-refractivity contribution in [3.8, 4) is 0 Å². The number of likely N-dealkylation sites (N-methyl/N-ethyl adjacent to an activating group) is 3. The maximum Gasteiger partial charge on any atom is 0.412 e. The number of hydrogen-bond donors (Lipinski definition) is 2. The van der Waals surface area contributed by atoms with Crippen LogP contribution in [-0.2, 0) is 36.9 Å². The van der Waals surface area contributed by atoms with E-state index in [-0.39, 0.29) is 44.1 Å². The van der Waals surface area contributed by atoms with E-state index in [1.165, 1.54) is 34.9 Å². The van der Waals surface area contributed by atoms with E-state index < -0.39 is 17.9 Å². The molecule has 0 fully saturated rings. The standard InChI is InChI=1S/C26H36N4O5S/c1-5-20(27)16-35-18-24(31)29(3)23(17-34-15-19-10-7-6-8-11-19)26(33)30(4)22(25(32)28-2)14-21-12-9-13-36-21/h6-13,20,22H,5,14-18,27H2,1-4H3/p+1/t20-,22-/m1/s1. The Morgan fingerprint density at radius 2 is 1.83 bits per heavy atom. The fourth-order valence-corrected chi connectivity index (χ4v) is 4.08. The van der Waals surface area contributed by atoms with E-state index in [0.29, 0.717) is 6.42 Å². The second-order valence-electron chi connectivity index (χ2n) is 8.39. The van der Waals surface area contributed by atoms with Gasteiger partial charge < -0.3 is 25.4 Å². The number of amides is 3. The van der Waals surface area contributed by atoms with E-state index in [1.54, 1.807) is 7.05 Å². The van der Waals surface area contributed by atoms with Crippen LogP contribution in [0, 0.1) is 0 Å². The van der Waals surface area contributed by atoms with E-state index in [1.807, 2.05) is 54.8 Å². The quantitative estimate of drug-likeness (QED) is 0.290. The van der Waals surface area contributed by atoms with E-state index >= 15 is 0 Å². The third-order valence-corrected chi connectivity index (χ3v) is 6.67. The Labute approximate surface area is 216 Å². The summed E-state index contributed by atoms with van der Waals surface area (Å²) in [5.74, 6) is -1.18. The Hall–Kier alpha value is -2.92.